The third-order valence-corrected chi connectivity index (χ3v) is 6.35. The standard InChI is InChI=1S/C18H24OS/c1-12(2)13-7-8-17(19)15(9-13)11-16-10-14-5-3-4-6-18(14)20-16/h3-6,12-13,15-16H,7-11H2,1-2H3. The molecule has 0 saturated heterocycles. The summed E-state index contributed by atoms with van der Waals surface area (Å²) in [7, 11) is 0. The highest BCUT2D eigenvalue weighted by Gasteiger charge is 2.33. The average molecular weight is 288 g/mol. The lowest BCUT2D eigenvalue weighted by atomic mass is 9.74. The normalized spacial score (nSPS) is 29.8. The van der Waals surface area contributed by atoms with Gasteiger partial charge in [0.25, 0.3) is 0 Å². The molecule has 1 nitrogen and oxygen atoms in total. The molecule has 1 aliphatic carbocycles. The predicted octanol–water partition coefficient (Wildman–Crippen LogP) is 4.73. The number of carbonyl (C=O) groups excluding carboxylic acids is 1. The highest BCUT2D eigenvalue weighted by atomic mass is 32.2. The van der Waals surface area contributed by atoms with Gasteiger partial charge in [0, 0.05) is 22.5 Å². The average Bonchev–Trinajstić information content (AvgIpc) is 2.83. The summed E-state index contributed by atoms with van der Waals surface area (Å²) < 4.78 is 0. The smallest absolute Gasteiger partial charge is 0.136 e. The first-order valence-corrected chi connectivity index (χ1v) is 8.78. The van der Waals surface area contributed by atoms with E-state index in [-0.39, 0.29) is 0 Å². The minimum Gasteiger partial charge on any atom is -0.299 e. The van der Waals surface area contributed by atoms with Crippen LogP contribution in [-0.4, -0.2) is 11.0 Å². The topological polar surface area (TPSA) is 17.1 Å². The minimum absolute atomic E-state index is 0.322. The van der Waals surface area contributed by atoms with E-state index in [0.717, 1.165) is 43.9 Å². The van der Waals surface area contributed by atoms with Crippen molar-refractivity contribution >= 4 is 17.5 Å². The Hall–Kier alpha value is -0.760. The van der Waals surface area contributed by atoms with E-state index in [2.05, 4.69) is 38.1 Å². The van der Waals surface area contributed by atoms with Gasteiger partial charge in [0.1, 0.15) is 5.78 Å². The number of rotatable bonds is 3. The molecule has 0 bridgehead atoms. The van der Waals surface area contributed by atoms with Crippen LogP contribution in [-0.2, 0) is 11.2 Å². The second kappa shape index (κ2) is 5.93. The molecule has 1 fully saturated rings. The zero-order chi connectivity index (χ0) is 14.1. The van der Waals surface area contributed by atoms with Gasteiger partial charge in [0.15, 0.2) is 0 Å². The fourth-order valence-electron chi connectivity index (χ4n) is 3.68. The summed E-state index contributed by atoms with van der Waals surface area (Å²) >= 11 is 1.99. The number of hydrogen-bond donors (Lipinski definition) is 0. The Morgan fingerprint density at radius 1 is 1.30 bits per heavy atom. The predicted molar refractivity (Wildman–Crippen MR) is 85.1 cm³/mol. The Morgan fingerprint density at radius 2 is 2.10 bits per heavy atom. The third-order valence-electron chi connectivity index (χ3n) is 5.01. The molecule has 20 heavy (non-hydrogen) atoms. The van der Waals surface area contributed by atoms with Crippen molar-refractivity contribution < 1.29 is 4.79 Å². The third kappa shape index (κ3) is 2.95. The highest BCUT2D eigenvalue weighted by molar-refractivity contribution is 8.00. The fourth-order valence-corrected chi connectivity index (χ4v) is 5.09. The number of carbonyl (C=O) groups is 1. The van der Waals surface area contributed by atoms with Crippen LogP contribution in [0.5, 0.6) is 0 Å². The lowest BCUT2D eigenvalue weighted by Gasteiger charge is -2.31. The molecule has 3 unspecified atom stereocenters. The van der Waals surface area contributed by atoms with Gasteiger partial charge in [-0.1, -0.05) is 32.0 Å². The van der Waals surface area contributed by atoms with Gasteiger partial charge in [0.2, 0.25) is 0 Å². The van der Waals surface area contributed by atoms with E-state index in [4.69, 9.17) is 0 Å². The lowest BCUT2D eigenvalue weighted by Crippen LogP contribution is -2.29. The fraction of sp³-hybridized carbons (Fsp3) is 0.611. The van der Waals surface area contributed by atoms with Crippen LogP contribution in [0.25, 0.3) is 0 Å². The summed E-state index contributed by atoms with van der Waals surface area (Å²) in [5, 5.41) is 0.618. The van der Waals surface area contributed by atoms with E-state index in [0.29, 0.717) is 17.0 Å². The van der Waals surface area contributed by atoms with E-state index < -0.39 is 0 Å². The Kier molecular flexibility index (Phi) is 4.21. The number of hydrogen-bond acceptors (Lipinski definition) is 2. The summed E-state index contributed by atoms with van der Waals surface area (Å²) in [5.74, 6) is 2.33. The molecule has 1 aromatic carbocycles. The van der Waals surface area contributed by atoms with Crippen molar-refractivity contribution in [1.29, 1.82) is 0 Å². The molecule has 1 saturated carbocycles. The van der Waals surface area contributed by atoms with Gasteiger partial charge in [-0.05, 0) is 49.1 Å². The van der Waals surface area contributed by atoms with Gasteiger partial charge in [-0.2, -0.15) is 0 Å². The van der Waals surface area contributed by atoms with Crippen LogP contribution >= 0.6 is 11.8 Å². The van der Waals surface area contributed by atoms with E-state index >= 15 is 0 Å². The lowest BCUT2D eigenvalue weighted by molar-refractivity contribution is -0.126. The summed E-state index contributed by atoms with van der Waals surface area (Å²) in [6.45, 7) is 4.61. The molecule has 0 aromatic heterocycles. The molecule has 0 radical (unpaired) electrons. The minimum atomic E-state index is 0.322. The number of ketones is 1. The van der Waals surface area contributed by atoms with E-state index in [1.807, 2.05) is 11.8 Å². The Labute approximate surface area is 126 Å². The van der Waals surface area contributed by atoms with Crippen LogP contribution in [0.1, 0.15) is 45.1 Å². The van der Waals surface area contributed by atoms with Crippen molar-refractivity contribution in [2.45, 2.75) is 56.1 Å². The molecule has 108 valence electrons. The molecule has 3 rings (SSSR count). The summed E-state index contributed by atoms with van der Waals surface area (Å²) in [5.41, 5.74) is 1.48. The number of thioether (sulfide) groups is 1. The highest BCUT2D eigenvalue weighted by Crippen LogP contribution is 2.42. The quantitative estimate of drug-likeness (QED) is 0.799. The zero-order valence-electron chi connectivity index (χ0n) is 12.5. The van der Waals surface area contributed by atoms with Gasteiger partial charge in [0.05, 0.1) is 0 Å². The van der Waals surface area contributed by atoms with Crippen molar-refractivity contribution in [3.05, 3.63) is 29.8 Å². The van der Waals surface area contributed by atoms with Crippen LogP contribution in [0.4, 0.5) is 0 Å². The molecule has 1 aromatic rings. The van der Waals surface area contributed by atoms with Gasteiger partial charge >= 0.3 is 0 Å². The first kappa shape index (κ1) is 14.2. The Morgan fingerprint density at radius 3 is 2.85 bits per heavy atom. The Balaban J connectivity index is 1.62. The van der Waals surface area contributed by atoms with Crippen LogP contribution in [0.2, 0.25) is 0 Å². The van der Waals surface area contributed by atoms with Crippen molar-refractivity contribution in [3.63, 3.8) is 0 Å². The summed E-state index contributed by atoms with van der Waals surface area (Å²) in [6, 6.07) is 8.71. The van der Waals surface area contributed by atoms with E-state index in [1.54, 1.807) is 0 Å². The maximum atomic E-state index is 12.2. The van der Waals surface area contributed by atoms with Gasteiger partial charge in [-0.25, -0.2) is 0 Å². The van der Waals surface area contributed by atoms with Crippen molar-refractivity contribution in [2.75, 3.05) is 0 Å². The molecule has 2 heteroatoms. The van der Waals surface area contributed by atoms with Crippen molar-refractivity contribution in [2.24, 2.45) is 17.8 Å². The molecular weight excluding hydrogens is 264 g/mol. The van der Waals surface area contributed by atoms with Crippen LogP contribution < -0.4 is 0 Å². The second-order valence-corrected chi connectivity index (χ2v) is 8.07. The molecule has 1 heterocycles. The number of benzene rings is 1. The van der Waals surface area contributed by atoms with E-state index in [9.17, 15) is 4.79 Å². The zero-order valence-corrected chi connectivity index (χ0v) is 13.3. The number of fused-ring (bicyclic) bond motifs is 1. The monoisotopic (exact) mass is 288 g/mol. The van der Waals surface area contributed by atoms with Crippen LogP contribution in [0.3, 0.4) is 0 Å². The molecule has 0 spiro atoms. The molecule has 0 N–H and O–H groups in total. The molecule has 0 amide bonds. The first-order valence-electron chi connectivity index (χ1n) is 7.90. The van der Waals surface area contributed by atoms with E-state index in [1.165, 1.54) is 10.5 Å². The van der Waals surface area contributed by atoms with Gasteiger partial charge < -0.3 is 0 Å². The van der Waals surface area contributed by atoms with Crippen LogP contribution in [0.15, 0.2) is 29.2 Å². The van der Waals surface area contributed by atoms with Gasteiger partial charge in [-0.3, -0.25) is 4.79 Å². The summed E-state index contributed by atoms with van der Waals surface area (Å²) in [6.07, 6.45) is 5.30. The van der Waals surface area contributed by atoms with Gasteiger partial charge in [-0.15, -0.1) is 11.8 Å². The molecule has 2 aliphatic rings. The maximum absolute atomic E-state index is 12.2. The first-order chi connectivity index (χ1) is 9.63. The van der Waals surface area contributed by atoms with Crippen LogP contribution in [0, 0.1) is 17.8 Å². The molecular formula is C18H24OS. The SMILES string of the molecule is CC(C)C1CCC(=O)C(CC2Cc3ccccc3S2)C1. The Bertz CT molecular complexity index is 469. The maximum Gasteiger partial charge on any atom is 0.136 e. The number of Topliss-reactive ketones (excluding diaryl/α,β-unsaturated/α-hetero) is 1. The largest absolute Gasteiger partial charge is 0.299 e. The second-order valence-electron chi connectivity index (χ2n) is 6.73. The van der Waals surface area contributed by atoms with Crippen molar-refractivity contribution in [3.8, 4) is 0 Å². The van der Waals surface area contributed by atoms with Crippen molar-refractivity contribution in [1.82, 2.24) is 0 Å². The molecule has 3 atom stereocenters. The molecule has 1 aliphatic heterocycles. The summed E-state index contributed by atoms with van der Waals surface area (Å²) in [4.78, 5) is 13.6.